The molecule has 72 valence electrons. The number of urea groups is 1. The Morgan fingerprint density at radius 2 is 2.62 bits per heavy atom. The van der Waals surface area contributed by atoms with E-state index in [9.17, 15) is 9.18 Å². The van der Waals surface area contributed by atoms with E-state index >= 15 is 0 Å². The van der Waals surface area contributed by atoms with E-state index in [1.54, 1.807) is 6.92 Å². The monoisotopic (exact) mass is 204 g/mol. The average molecular weight is 204 g/mol. The minimum absolute atomic E-state index is 0.392. The van der Waals surface area contributed by atoms with Crippen molar-refractivity contribution in [3.63, 3.8) is 0 Å². The van der Waals surface area contributed by atoms with Gasteiger partial charge in [0.2, 0.25) is 5.13 Å². The molecule has 0 aliphatic carbocycles. The molecule has 1 rings (SSSR count). The fourth-order valence-electron chi connectivity index (χ4n) is 0.623. The maximum absolute atomic E-state index is 12.0. The molecule has 0 spiro atoms. The number of nitrogens with zero attached hydrogens (tertiary/aromatic N) is 2. The van der Waals surface area contributed by atoms with Gasteiger partial charge < -0.3 is 5.32 Å². The van der Waals surface area contributed by atoms with Crippen molar-refractivity contribution in [1.29, 1.82) is 0 Å². The molecule has 1 heterocycles. The van der Waals surface area contributed by atoms with Crippen LogP contribution in [0.4, 0.5) is 14.3 Å². The third-order valence-electron chi connectivity index (χ3n) is 1.19. The summed E-state index contributed by atoms with van der Waals surface area (Å²) < 4.78 is 12.0. The lowest BCUT2D eigenvalue weighted by Gasteiger charge is -2.08. The van der Waals surface area contributed by atoms with Crippen LogP contribution in [0.5, 0.6) is 0 Å². The minimum Gasteiger partial charge on any atom is -0.333 e. The average Bonchev–Trinajstić information content (AvgIpc) is 2.56. The van der Waals surface area contributed by atoms with Crippen LogP contribution in [0, 0.1) is 0 Å². The van der Waals surface area contributed by atoms with Crippen molar-refractivity contribution in [1.82, 2.24) is 15.5 Å². The Balaban J connectivity index is 2.34. The van der Waals surface area contributed by atoms with E-state index in [0.717, 1.165) is 0 Å². The quantitative estimate of drug-likeness (QED) is 0.772. The lowest BCUT2D eigenvalue weighted by atomic mass is 10.4. The van der Waals surface area contributed by atoms with Crippen molar-refractivity contribution in [2.45, 2.75) is 13.0 Å². The number of alkyl halides is 1. The molecule has 5 nitrogen and oxygen atoms in total. The molecule has 13 heavy (non-hydrogen) atoms. The van der Waals surface area contributed by atoms with Gasteiger partial charge in [0.15, 0.2) is 0 Å². The minimum atomic E-state index is -0.594. The van der Waals surface area contributed by atoms with Gasteiger partial charge in [-0.15, -0.1) is 10.2 Å². The number of halogens is 1. The van der Waals surface area contributed by atoms with Gasteiger partial charge in [-0.3, -0.25) is 5.32 Å². The maximum Gasteiger partial charge on any atom is 0.321 e. The van der Waals surface area contributed by atoms with Gasteiger partial charge in [-0.05, 0) is 6.92 Å². The summed E-state index contributed by atoms with van der Waals surface area (Å²) in [4.78, 5) is 11.0. The first-order valence-corrected chi connectivity index (χ1v) is 4.50. The van der Waals surface area contributed by atoms with E-state index in [4.69, 9.17) is 0 Å². The summed E-state index contributed by atoms with van der Waals surface area (Å²) in [6.07, 6.45) is 0. The zero-order valence-corrected chi connectivity index (χ0v) is 7.77. The molecule has 0 aromatic carbocycles. The molecule has 0 saturated heterocycles. The number of amides is 2. The number of rotatable bonds is 3. The molecule has 0 fully saturated rings. The summed E-state index contributed by atoms with van der Waals surface area (Å²) in [6.45, 7) is 0.975. The van der Waals surface area contributed by atoms with Crippen LogP contribution in [0.3, 0.4) is 0 Å². The Labute approximate surface area is 78.4 Å². The molecule has 0 unspecified atom stereocenters. The van der Waals surface area contributed by atoms with Gasteiger partial charge in [-0.1, -0.05) is 11.3 Å². The van der Waals surface area contributed by atoms with E-state index in [0.29, 0.717) is 5.13 Å². The lowest BCUT2D eigenvalue weighted by molar-refractivity contribution is 0.246. The lowest BCUT2D eigenvalue weighted by Crippen LogP contribution is -2.37. The van der Waals surface area contributed by atoms with Crippen molar-refractivity contribution in [3.8, 4) is 0 Å². The molecular weight excluding hydrogens is 195 g/mol. The fourth-order valence-corrected chi connectivity index (χ4v) is 1.06. The first-order chi connectivity index (χ1) is 6.22. The summed E-state index contributed by atoms with van der Waals surface area (Å²) in [6, 6.07) is -0.963. The molecule has 2 N–H and O–H groups in total. The second kappa shape index (κ2) is 4.70. The molecule has 1 aromatic heterocycles. The smallest absolute Gasteiger partial charge is 0.321 e. The predicted octanol–water partition coefficient (Wildman–Crippen LogP) is 1.02. The van der Waals surface area contributed by atoms with Gasteiger partial charge in [-0.2, -0.15) is 0 Å². The highest BCUT2D eigenvalue weighted by atomic mass is 32.1. The molecule has 7 heteroatoms. The third kappa shape index (κ3) is 3.32. The van der Waals surface area contributed by atoms with E-state index in [2.05, 4.69) is 20.8 Å². The predicted molar refractivity (Wildman–Crippen MR) is 47.5 cm³/mol. The van der Waals surface area contributed by atoms with Gasteiger partial charge >= 0.3 is 6.03 Å². The molecule has 0 aliphatic heterocycles. The third-order valence-corrected chi connectivity index (χ3v) is 1.80. The van der Waals surface area contributed by atoms with E-state index < -0.39 is 18.7 Å². The van der Waals surface area contributed by atoms with Gasteiger partial charge in [0.25, 0.3) is 0 Å². The Kier molecular flexibility index (Phi) is 3.56. The topological polar surface area (TPSA) is 66.9 Å². The highest BCUT2D eigenvalue weighted by Crippen LogP contribution is 2.06. The molecule has 0 radical (unpaired) electrons. The second-order valence-corrected chi connectivity index (χ2v) is 3.23. The molecule has 0 saturated carbocycles. The van der Waals surface area contributed by atoms with E-state index in [1.807, 2.05) is 0 Å². The van der Waals surface area contributed by atoms with Crippen molar-refractivity contribution in [3.05, 3.63) is 5.51 Å². The largest absolute Gasteiger partial charge is 0.333 e. The van der Waals surface area contributed by atoms with Crippen molar-refractivity contribution >= 4 is 22.5 Å². The normalized spacial score (nSPS) is 12.2. The Hall–Kier alpha value is -1.24. The summed E-state index contributed by atoms with van der Waals surface area (Å²) in [5.74, 6) is 0. The second-order valence-electron chi connectivity index (χ2n) is 2.40. The van der Waals surface area contributed by atoms with Crippen LogP contribution in [0.15, 0.2) is 5.51 Å². The van der Waals surface area contributed by atoms with E-state index in [1.165, 1.54) is 16.8 Å². The number of carbonyl (C=O) groups excluding carboxylic acids is 1. The van der Waals surface area contributed by atoms with Gasteiger partial charge in [0.05, 0.1) is 6.04 Å². The summed E-state index contributed by atoms with van der Waals surface area (Å²) in [5, 5.41) is 12.3. The van der Waals surface area contributed by atoms with Crippen molar-refractivity contribution in [2.24, 2.45) is 0 Å². The SMILES string of the molecule is C[C@@H](CF)NC(=O)Nc1nncs1. The van der Waals surface area contributed by atoms with Gasteiger partial charge in [0, 0.05) is 0 Å². The zero-order chi connectivity index (χ0) is 9.68. The van der Waals surface area contributed by atoms with Crippen molar-refractivity contribution < 1.29 is 9.18 Å². The zero-order valence-electron chi connectivity index (χ0n) is 6.95. The van der Waals surface area contributed by atoms with E-state index in [-0.39, 0.29) is 0 Å². The molecule has 1 atom stereocenters. The number of nitrogens with one attached hydrogen (secondary N) is 2. The Bertz CT molecular complexity index is 266. The fraction of sp³-hybridized carbons (Fsp3) is 0.500. The summed E-state index contributed by atoms with van der Waals surface area (Å²) >= 11 is 1.20. The Morgan fingerprint density at radius 1 is 1.85 bits per heavy atom. The van der Waals surface area contributed by atoms with Crippen LogP contribution in [0.1, 0.15) is 6.92 Å². The number of hydrogen-bond donors (Lipinski definition) is 2. The number of carbonyl (C=O) groups is 1. The number of anilines is 1. The van der Waals surface area contributed by atoms with Crippen LogP contribution < -0.4 is 10.6 Å². The molecular formula is C6H9FN4OS. The number of hydrogen-bond acceptors (Lipinski definition) is 4. The summed E-state index contributed by atoms with van der Waals surface area (Å²) in [5.41, 5.74) is 1.49. The van der Waals surface area contributed by atoms with Crippen LogP contribution in [0.2, 0.25) is 0 Å². The molecule has 2 amide bonds. The van der Waals surface area contributed by atoms with Gasteiger partial charge in [-0.25, -0.2) is 9.18 Å². The standard InChI is InChI=1S/C6H9FN4OS/c1-4(2-7)9-5(12)10-6-11-8-3-13-6/h3-4H,2H2,1H3,(H2,9,10,11,12)/t4-/m0/s1. The highest BCUT2D eigenvalue weighted by Gasteiger charge is 2.07. The van der Waals surface area contributed by atoms with Crippen LogP contribution in [-0.4, -0.2) is 28.9 Å². The Morgan fingerprint density at radius 3 is 3.15 bits per heavy atom. The van der Waals surface area contributed by atoms with Crippen LogP contribution >= 0.6 is 11.3 Å². The molecule has 1 aromatic rings. The number of aromatic nitrogens is 2. The van der Waals surface area contributed by atoms with Crippen molar-refractivity contribution in [2.75, 3.05) is 12.0 Å². The molecule has 0 bridgehead atoms. The van der Waals surface area contributed by atoms with Crippen LogP contribution in [0.25, 0.3) is 0 Å². The summed E-state index contributed by atoms with van der Waals surface area (Å²) in [7, 11) is 0. The van der Waals surface area contributed by atoms with Crippen LogP contribution in [-0.2, 0) is 0 Å². The maximum atomic E-state index is 12.0. The molecule has 0 aliphatic rings. The highest BCUT2D eigenvalue weighted by molar-refractivity contribution is 7.13. The first kappa shape index (κ1) is 9.85. The van der Waals surface area contributed by atoms with Gasteiger partial charge in [0.1, 0.15) is 12.2 Å². The first-order valence-electron chi connectivity index (χ1n) is 3.62.